The number of aldehydes is 1. The number of aliphatic hydroxyl groups is 1. The standard InChI is InChI=1S/C15H17NO2S/c1-3-12-10(2)16-14-7-5-4-6-13(14)15(12)19-11(8-17)9-18/h4-8,11,18H,3,9H2,1-2H3. The van der Waals surface area contributed by atoms with Gasteiger partial charge in [-0.1, -0.05) is 25.1 Å². The summed E-state index contributed by atoms with van der Waals surface area (Å²) in [7, 11) is 0. The van der Waals surface area contributed by atoms with Crippen LogP contribution in [0.4, 0.5) is 0 Å². The number of thioether (sulfide) groups is 1. The normalized spacial score (nSPS) is 12.6. The van der Waals surface area contributed by atoms with Gasteiger partial charge in [-0.25, -0.2) is 0 Å². The molecule has 1 N–H and O–H groups in total. The highest BCUT2D eigenvalue weighted by molar-refractivity contribution is 8.00. The molecule has 4 heteroatoms. The quantitative estimate of drug-likeness (QED) is 0.673. The summed E-state index contributed by atoms with van der Waals surface area (Å²) in [6, 6.07) is 7.92. The minimum Gasteiger partial charge on any atom is -0.395 e. The lowest BCUT2D eigenvalue weighted by Crippen LogP contribution is -2.10. The van der Waals surface area contributed by atoms with Crippen LogP contribution in [0.25, 0.3) is 10.9 Å². The molecule has 0 saturated carbocycles. The number of rotatable bonds is 5. The summed E-state index contributed by atoms with van der Waals surface area (Å²) < 4.78 is 0. The average Bonchev–Trinajstić information content (AvgIpc) is 2.44. The van der Waals surface area contributed by atoms with Gasteiger partial charge < -0.3 is 9.90 Å². The van der Waals surface area contributed by atoms with Crippen LogP contribution in [0.1, 0.15) is 18.2 Å². The first-order chi connectivity index (χ1) is 9.21. The Morgan fingerprint density at radius 3 is 2.79 bits per heavy atom. The van der Waals surface area contributed by atoms with Crippen molar-refractivity contribution in [3.63, 3.8) is 0 Å². The fourth-order valence-corrected chi connectivity index (χ4v) is 3.32. The third-order valence-corrected chi connectivity index (χ3v) is 4.37. The van der Waals surface area contributed by atoms with Gasteiger partial charge in [0.25, 0.3) is 0 Å². The Morgan fingerprint density at radius 1 is 1.42 bits per heavy atom. The van der Waals surface area contributed by atoms with Crippen molar-refractivity contribution in [3.05, 3.63) is 35.5 Å². The molecule has 0 bridgehead atoms. The van der Waals surface area contributed by atoms with Crippen molar-refractivity contribution in [2.24, 2.45) is 0 Å². The molecule has 1 aromatic heterocycles. The van der Waals surface area contributed by atoms with E-state index in [1.54, 1.807) is 0 Å². The monoisotopic (exact) mass is 275 g/mol. The van der Waals surface area contributed by atoms with E-state index >= 15 is 0 Å². The molecule has 0 aliphatic heterocycles. The second-order valence-electron chi connectivity index (χ2n) is 4.35. The smallest absolute Gasteiger partial charge is 0.135 e. The van der Waals surface area contributed by atoms with Crippen LogP contribution in [0, 0.1) is 6.92 Å². The van der Waals surface area contributed by atoms with Gasteiger partial charge in [-0.2, -0.15) is 0 Å². The van der Waals surface area contributed by atoms with E-state index < -0.39 is 5.25 Å². The largest absolute Gasteiger partial charge is 0.395 e. The van der Waals surface area contributed by atoms with Crippen LogP contribution < -0.4 is 0 Å². The van der Waals surface area contributed by atoms with Crippen LogP contribution >= 0.6 is 11.8 Å². The maximum atomic E-state index is 11.0. The topological polar surface area (TPSA) is 50.2 Å². The predicted octanol–water partition coefficient (Wildman–Crippen LogP) is 2.76. The zero-order chi connectivity index (χ0) is 13.8. The Kier molecular flexibility index (Phi) is 4.56. The van der Waals surface area contributed by atoms with Crippen LogP contribution in [0.3, 0.4) is 0 Å². The van der Waals surface area contributed by atoms with E-state index in [4.69, 9.17) is 0 Å². The second-order valence-corrected chi connectivity index (χ2v) is 5.60. The van der Waals surface area contributed by atoms with Crippen LogP contribution in [0.2, 0.25) is 0 Å². The van der Waals surface area contributed by atoms with Gasteiger partial charge in [0.05, 0.1) is 17.4 Å². The summed E-state index contributed by atoms with van der Waals surface area (Å²) in [6.07, 6.45) is 1.66. The fourth-order valence-electron chi connectivity index (χ4n) is 2.15. The Hall–Kier alpha value is -1.39. The minimum atomic E-state index is -0.421. The molecule has 100 valence electrons. The molecule has 3 nitrogen and oxygen atoms in total. The maximum Gasteiger partial charge on any atom is 0.135 e. The van der Waals surface area contributed by atoms with Crippen LogP contribution in [-0.2, 0) is 11.2 Å². The Morgan fingerprint density at radius 2 is 2.16 bits per heavy atom. The Bertz CT molecular complexity index is 598. The summed E-state index contributed by atoms with van der Waals surface area (Å²) in [5.41, 5.74) is 3.08. The summed E-state index contributed by atoms with van der Waals surface area (Å²) >= 11 is 1.43. The first kappa shape index (κ1) is 14.0. The number of aryl methyl sites for hydroxylation is 1. The minimum absolute atomic E-state index is 0.146. The molecule has 1 heterocycles. The highest BCUT2D eigenvalue weighted by Gasteiger charge is 2.16. The number of hydrogen-bond donors (Lipinski definition) is 1. The molecule has 19 heavy (non-hydrogen) atoms. The summed E-state index contributed by atoms with van der Waals surface area (Å²) in [5.74, 6) is 0. The van der Waals surface area contributed by atoms with E-state index in [1.807, 2.05) is 31.2 Å². The molecule has 0 radical (unpaired) electrons. The number of carbonyl (C=O) groups is 1. The van der Waals surface area contributed by atoms with E-state index in [-0.39, 0.29) is 6.61 Å². The zero-order valence-electron chi connectivity index (χ0n) is 11.1. The predicted molar refractivity (Wildman–Crippen MR) is 78.7 cm³/mol. The third kappa shape index (κ3) is 2.80. The van der Waals surface area contributed by atoms with Gasteiger partial charge >= 0.3 is 0 Å². The first-order valence-electron chi connectivity index (χ1n) is 6.32. The van der Waals surface area contributed by atoms with Crippen molar-refractivity contribution in [2.75, 3.05) is 6.61 Å². The van der Waals surface area contributed by atoms with E-state index in [0.717, 1.165) is 39.8 Å². The highest BCUT2D eigenvalue weighted by atomic mass is 32.2. The maximum absolute atomic E-state index is 11.0. The fraction of sp³-hybridized carbons (Fsp3) is 0.333. The number of nitrogens with zero attached hydrogens (tertiary/aromatic N) is 1. The molecular weight excluding hydrogens is 258 g/mol. The Labute approximate surface area is 117 Å². The van der Waals surface area contributed by atoms with Crippen molar-refractivity contribution in [2.45, 2.75) is 30.4 Å². The summed E-state index contributed by atoms with van der Waals surface area (Å²) in [5, 5.41) is 9.85. The van der Waals surface area contributed by atoms with Crippen molar-refractivity contribution in [1.29, 1.82) is 0 Å². The number of carbonyl (C=O) groups excluding carboxylic acids is 1. The van der Waals surface area contributed by atoms with Gasteiger partial charge in [-0.3, -0.25) is 4.98 Å². The van der Waals surface area contributed by atoms with Gasteiger partial charge in [0.1, 0.15) is 6.29 Å². The number of hydrogen-bond acceptors (Lipinski definition) is 4. The number of para-hydroxylation sites is 1. The van der Waals surface area contributed by atoms with E-state index in [1.165, 1.54) is 11.8 Å². The third-order valence-electron chi connectivity index (χ3n) is 3.10. The first-order valence-corrected chi connectivity index (χ1v) is 7.20. The van der Waals surface area contributed by atoms with Crippen molar-refractivity contribution < 1.29 is 9.90 Å². The molecule has 1 unspecified atom stereocenters. The van der Waals surface area contributed by atoms with Crippen molar-refractivity contribution >= 4 is 29.0 Å². The SMILES string of the molecule is CCc1c(C)nc2ccccc2c1SC(C=O)CO. The van der Waals surface area contributed by atoms with Crippen molar-refractivity contribution in [1.82, 2.24) is 4.98 Å². The molecule has 0 aliphatic carbocycles. The van der Waals surface area contributed by atoms with Gasteiger partial charge in [0, 0.05) is 16.0 Å². The lowest BCUT2D eigenvalue weighted by molar-refractivity contribution is -0.107. The van der Waals surface area contributed by atoms with Crippen LogP contribution in [-0.4, -0.2) is 28.2 Å². The molecule has 1 atom stereocenters. The Balaban J connectivity index is 2.63. The molecule has 1 aromatic carbocycles. The molecular formula is C15H17NO2S. The van der Waals surface area contributed by atoms with Gasteiger partial charge in [-0.15, -0.1) is 11.8 Å². The van der Waals surface area contributed by atoms with E-state index in [2.05, 4.69) is 11.9 Å². The van der Waals surface area contributed by atoms with Gasteiger partial charge in [-0.05, 0) is 25.0 Å². The molecule has 2 rings (SSSR count). The van der Waals surface area contributed by atoms with Gasteiger partial charge in [0.15, 0.2) is 0 Å². The number of aromatic nitrogens is 1. The number of fused-ring (bicyclic) bond motifs is 1. The number of benzene rings is 1. The molecule has 0 saturated heterocycles. The van der Waals surface area contributed by atoms with Crippen LogP contribution in [0.5, 0.6) is 0 Å². The summed E-state index contributed by atoms with van der Waals surface area (Å²) in [4.78, 5) is 16.6. The number of pyridine rings is 1. The molecule has 0 aliphatic rings. The molecule has 0 spiro atoms. The second kappa shape index (κ2) is 6.17. The van der Waals surface area contributed by atoms with E-state index in [9.17, 15) is 9.90 Å². The van der Waals surface area contributed by atoms with Crippen LogP contribution in [0.15, 0.2) is 29.2 Å². The lowest BCUT2D eigenvalue weighted by Gasteiger charge is -2.15. The van der Waals surface area contributed by atoms with E-state index in [0.29, 0.717) is 0 Å². The average molecular weight is 275 g/mol. The summed E-state index contributed by atoms with van der Waals surface area (Å²) in [6.45, 7) is 3.93. The zero-order valence-corrected chi connectivity index (χ0v) is 11.9. The molecule has 2 aromatic rings. The van der Waals surface area contributed by atoms with Crippen molar-refractivity contribution in [3.8, 4) is 0 Å². The lowest BCUT2D eigenvalue weighted by atomic mass is 10.1. The molecule has 0 fully saturated rings. The molecule has 0 amide bonds. The highest BCUT2D eigenvalue weighted by Crippen LogP contribution is 2.34. The number of aliphatic hydroxyl groups excluding tert-OH is 1. The van der Waals surface area contributed by atoms with Gasteiger partial charge in [0.2, 0.25) is 0 Å².